The molecule has 2 N–H and O–H groups in total. The van der Waals surface area contributed by atoms with E-state index >= 15 is 0 Å². The van der Waals surface area contributed by atoms with E-state index in [0.29, 0.717) is 0 Å². The number of aliphatic hydroxyl groups excluding tert-OH is 1. The molecule has 0 aromatic carbocycles. The largest absolute Gasteiger partial charge is 0.394 e. The molecule has 1 fully saturated rings. The van der Waals surface area contributed by atoms with Gasteiger partial charge in [0.2, 0.25) is 0 Å². The molecule has 0 aromatic rings. The highest BCUT2D eigenvalue weighted by Crippen LogP contribution is 2.44. The summed E-state index contributed by atoms with van der Waals surface area (Å²) in [4.78, 5) is 2.38. The lowest BCUT2D eigenvalue weighted by Crippen LogP contribution is -2.61. The van der Waals surface area contributed by atoms with E-state index in [4.69, 9.17) is 4.74 Å². The lowest BCUT2D eigenvalue weighted by Gasteiger charge is -2.39. The number of hydrogen-bond acceptors (Lipinski definition) is 4. The van der Waals surface area contributed by atoms with Crippen LogP contribution in [0.3, 0.4) is 0 Å². The van der Waals surface area contributed by atoms with E-state index in [0.717, 1.165) is 32.6 Å². The Bertz CT molecular complexity index is 288. The van der Waals surface area contributed by atoms with Crippen molar-refractivity contribution in [2.45, 2.75) is 64.7 Å². The highest BCUT2D eigenvalue weighted by Gasteiger charge is 2.56. The average molecular weight is 272 g/mol. The van der Waals surface area contributed by atoms with Crippen molar-refractivity contribution in [3.8, 4) is 0 Å². The first kappa shape index (κ1) is 16.9. The second-order valence-corrected chi connectivity index (χ2v) is 6.74. The van der Waals surface area contributed by atoms with Crippen molar-refractivity contribution in [1.82, 2.24) is 10.2 Å². The Morgan fingerprint density at radius 3 is 2.11 bits per heavy atom. The Labute approximate surface area is 118 Å². The van der Waals surface area contributed by atoms with Crippen LogP contribution in [0.25, 0.3) is 0 Å². The molecular formula is C15H32N2O2. The van der Waals surface area contributed by atoms with Gasteiger partial charge in [-0.15, -0.1) is 0 Å². The van der Waals surface area contributed by atoms with Crippen LogP contribution in [0.15, 0.2) is 0 Å². The topological polar surface area (TPSA) is 44.7 Å². The standard InChI is InChI=1S/C15H32N2O2/c1-7-17(8-2)10-9-16-15(12-18)11-13(3,4)19-14(15,5)6/h16,18H,7-12H2,1-6H3. The minimum atomic E-state index is -0.353. The summed E-state index contributed by atoms with van der Waals surface area (Å²) < 4.78 is 6.12. The highest BCUT2D eigenvalue weighted by atomic mass is 16.5. The van der Waals surface area contributed by atoms with E-state index in [2.05, 4.69) is 51.8 Å². The molecule has 1 aliphatic heterocycles. The minimum absolute atomic E-state index is 0.113. The van der Waals surface area contributed by atoms with E-state index in [1.807, 2.05) is 0 Å². The van der Waals surface area contributed by atoms with Crippen LogP contribution in [0.1, 0.15) is 48.0 Å². The molecule has 0 spiro atoms. The summed E-state index contributed by atoms with van der Waals surface area (Å²) in [6.07, 6.45) is 0.835. The van der Waals surface area contributed by atoms with E-state index in [1.165, 1.54) is 0 Å². The number of hydrogen-bond donors (Lipinski definition) is 2. The van der Waals surface area contributed by atoms with Gasteiger partial charge in [-0.3, -0.25) is 0 Å². The van der Waals surface area contributed by atoms with Gasteiger partial charge >= 0.3 is 0 Å². The molecule has 0 radical (unpaired) electrons. The van der Waals surface area contributed by atoms with Crippen LogP contribution in [0.5, 0.6) is 0 Å². The Balaban J connectivity index is 2.66. The van der Waals surface area contributed by atoms with E-state index in [9.17, 15) is 5.11 Å². The van der Waals surface area contributed by atoms with E-state index in [1.54, 1.807) is 0 Å². The molecule has 1 unspecified atom stereocenters. The average Bonchev–Trinajstić information content (AvgIpc) is 2.50. The first-order valence-corrected chi connectivity index (χ1v) is 7.50. The molecule has 1 aliphatic rings. The number of ether oxygens (including phenoxy) is 1. The second kappa shape index (κ2) is 6.08. The molecule has 1 rings (SSSR count). The molecule has 0 aliphatic carbocycles. The Morgan fingerprint density at radius 2 is 1.74 bits per heavy atom. The number of aliphatic hydroxyl groups is 1. The Hall–Kier alpha value is -0.160. The van der Waals surface area contributed by atoms with Crippen LogP contribution in [-0.2, 0) is 4.74 Å². The molecule has 0 bridgehead atoms. The minimum Gasteiger partial charge on any atom is -0.394 e. The number of rotatable bonds is 7. The first-order chi connectivity index (χ1) is 8.72. The van der Waals surface area contributed by atoms with Gasteiger partial charge in [-0.05, 0) is 47.2 Å². The molecular weight excluding hydrogens is 240 g/mol. The summed E-state index contributed by atoms with van der Waals surface area (Å²) in [5.74, 6) is 0. The highest BCUT2D eigenvalue weighted by molar-refractivity contribution is 5.11. The Morgan fingerprint density at radius 1 is 1.16 bits per heavy atom. The summed E-state index contributed by atoms with van der Waals surface area (Å²) in [6, 6.07) is 0. The monoisotopic (exact) mass is 272 g/mol. The quantitative estimate of drug-likeness (QED) is 0.739. The third-order valence-electron chi connectivity index (χ3n) is 4.47. The fourth-order valence-electron chi connectivity index (χ4n) is 3.33. The van der Waals surface area contributed by atoms with Gasteiger partial charge in [-0.2, -0.15) is 0 Å². The van der Waals surface area contributed by atoms with Crippen molar-refractivity contribution in [1.29, 1.82) is 0 Å². The van der Waals surface area contributed by atoms with Crippen LogP contribution in [0, 0.1) is 0 Å². The normalized spacial score (nSPS) is 29.1. The van der Waals surface area contributed by atoms with Gasteiger partial charge in [-0.1, -0.05) is 13.8 Å². The second-order valence-electron chi connectivity index (χ2n) is 6.74. The SMILES string of the molecule is CCN(CC)CCNC1(CO)CC(C)(C)OC1(C)C. The lowest BCUT2D eigenvalue weighted by atomic mass is 9.79. The molecule has 4 heteroatoms. The van der Waals surface area contributed by atoms with Gasteiger partial charge in [0.05, 0.1) is 23.3 Å². The van der Waals surface area contributed by atoms with Crippen LogP contribution >= 0.6 is 0 Å². The maximum Gasteiger partial charge on any atom is 0.0838 e. The molecule has 1 saturated heterocycles. The maximum atomic E-state index is 9.91. The van der Waals surface area contributed by atoms with Crippen molar-refractivity contribution in [2.24, 2.45) is 0 Å². The summed E-state index contributed by atoms with van der Waals surface area (Å²) in [7, 11) is 0. The van der Waals surface area contributed by atoms with Gasteiger partial charge < -0.3 is 20.1 Å². The molecule has 0 aromatic heterocycles. The number of nitrogens with one attached hydrogen (secondary N) is 1. The van der Waals surface area contributed by atoms with Crippen molar-refractivity contribution in [3.05, 3.63) is 0 Å². The van der Waals surface area contributed by atoms with Gasteiger partial charge in [-0.25, -0.2) is 0 Å². The zero-order valence-electron chi connectivity index (χ0n) is 13.5. The summed E-state index contributed by atoms with van der Waals surface area (Å²) in [5.41, 5.74) is -0.882. The number of nitrogens with zero attached hydrogens (tertiary/aromatic N) is 1. The third kappa shape index (κ3) is 3.69. The predicted octanol–water partition coefficient (Wildman–Crippen LogP) is 1.63. The zero-order chi connectivity index (χ0) is 14.7. The number of likely N-dealkylation sites (N-methyl/N-ethyl adjacent to an activating group) is 1. The zero-order valence-corrected chi connectivity index (χ0v) is 13.5. The predicted molar refractivity (Wildman–Crippen MR) is 79.5 cm³/mol. The molecule has 0 saturated carbocycles. The molecule has 4 nitrogen and oxygen atoms in total. The summed E-state index contributed by atoms with van der Waals surface area (Å²) in [5, 5.41) is 13.5. The van der Waals surface area contributed by atoms with Crippen molar-refractivity contribution in [2.75, 3.05) is 32.8 Å². The van der Waals surface area contributed by atoms with Gasteiger partial charge in [0, 0.05) is 13.1 Å². The fourth-order valence-corrected chi connectivity index (χ4v) is 3.33. The fraction of sp³-hybridized carbons (Fsp3) is 1.00. The summed E-state index contributed by atoms with van der Waals surface area (Å²) >= 11 is 0. The van der Waals surface area contributed by atoms with Crippen LogP contribution in [0.2, 0.25) is 0 Å². The van der Waals surface area contributed by atoms with E-state index < -0.39 is 0 Å². The maximum absolute atomic E-state index is 9.91. The van der Waals surface area contributed by atoms with Crippen molar-refractivity contribution >= 4 is 0 Å². The Kier molecular flexibility index (Phi) is 5.41. The van der Waals surface area contributed by atoms with Crippen molar-refractivity contribution in [3.63, 3.8) is 0 Å². The van der Waals surface area contributed by atoms with Gasteiger partial charge in [0.1, 0.15) is 0 Å². The lowest BCUT2D eigenvalue weighted by molar-refractivity contribution is -0.0896. The molecule has 114 valence electrons. The molecule has 1 atom stereocenters. The molecule has 19 heavy (non-hydrogen) atoms. The third-order valence-corrected chi connectivity index (χ3v) is 4.47. The first-order valence-electron chi connectivity index (χ1n) is 7.50. The van der Waals surface area contributed by atoms with Crippen LogP contribution in [0.4, 0.5) is 0 Å². The van der Waals surface area contributed by atoms with Crippen molar-refractivity contribution < 1.29 is 9.84 Å². The molecule has 0 amide bonds. The van der Waals surface area contributed by atoms with Crippen LogP contribution in [-0.4, -0.2) is 59.5 Å². The van der Waals surface area contributed by atoms with Crippen LogP contribution < -0.4 is 5.32 Å². The smallest absolute Gasteiger partial charge is 0.0838 e. The summed E-state index contributed by atoms with van der Waals surface area (Å²) in [6.45, 7) is 16.8. The van der Waals surface area contributed by atoms with Gasteiger partial charge in [0.25, 0.3) is 0 Å². The van der Waals surface area contributed by atoms with E-state index in [-0.39, 0.29) is 23.3 Å². The molecule has 1 heterocycles. The van der Waals surface area contributed by atoms with Gasteiger partial charge in [0.15, 0.2) is 0 Å².